The van der Waals surface area contributed by atoms with Crippen LogP contribution in [0.2, 0.25) is 0 Å². The number of allylic oxidation sites excluding steroid dienone is 3. The van der Waals surface area contributed by atoms with Crippen molar-refractivity contribution >= 4 is 11.8 Å². The fourth-order valence-electron chi connectivity index (χ4n) is 5.06. The Bertz CT molecular complexity index is 1310. The maximum Gasteiger partial charge on any atom is 0.337 e. The van der Waals surface area contributed by atoms with Gasteiger partial charge in [0.1, 0.15) is 12.4 Å². The number of esters is 1. The smallest absolute Gasteiger partial charge is 0.337 e. The number of rotatable bonds is 5. The maximum absolute atomic E-state index is 13.7. The van der Waals surface area contributed by atoms with Crippen molar-refractivity contribution in [3.63, 3.8) is 0 Å². The van der Waals surface area contributed by atoms with Crippen LogP contribution in [0.15, 0.2) is 107 Å². The molecule has 176 valence electrons. The summed E-state index contributed by atoms with van der Waals surface area (Å²) in [6, 6.07) is 25.5. The van der Waals surface area contributed by atoms with E-state index in [9.17, 15) is 14.0 Å². The van der Waals surface area contributed by atoms with Crippen LogP contribution in [0.5, 0.6) is 0 Å². The van der Waals surface area contributed by atoms with Crippen molar-refractivity contribution in [2.24, 2.45) is 0 Å². The van der Waals surface area contributed by atoms with Gasteiger partial charge in [-0.25, -0.2) is 9.18 Å². The third-order valence-corrected chi connectivity index (χ3v) is 6.73. The van der Waals surface area contributed by atoms with Crippen LogP contribution in [-0.2, 0) is 20.9 Å². The lowest BCUT2D eigenvalue weighted by Crippen LogP contribution is -2.36. The van der Waals surface area contributed by atoms with Gasteiger partial charge in [-0.3, -0.25) is 4.79 Å². The van der Waals surface area contributed by atoms with E-state index in [-0.39, 0.29) is 24.1 Å². The van der Waals surface area contributed by atoms with E-state index in [1.807, 2.05) is 67.6 Å². The minimum absolute atomic E-state index is 0.0113. The quantitative estimate of drug-likeness (QED) is 0.473. The molecule has 35 heavy (non-hydrogen) atoms. The SMILES string of the molecule is CC1=C(C(=O)OCc2ccccc2)[C@H](c2ccc(F)cc2)C2=C(C[C@H](c3ccccc3)CC2=O)N1. The molecule has 1 N–H and O–H groups in total. The van der Waals surface area contributed by atoms with Gasteiger partial charge in [0.15, 0.2) is 5.78 Å². The Hall–Kier alpha value is -3.99. The second kappa shape index (κ2) is 9.71. The van der Waals surface area contributed by atoms with Crippen molar-refractivity contribution in [2.45, 2.75) is 38.2 Å². The highest BCUT2D eigenvalue weighted by molar-refractivity contribution is 6.04. The standard InChI is InChI=1S/C30H26FNO3/c1-19-27(30(34)35-18-20-8-4-2-5-9-20)28(22-12-14-24(31)15-13-22)29-25(32-19)16-23(17-26(29)33)21-10-6-3-7-11-21/h2-15,23,28,32H,16-18H2,1H3/t23-,28-/m0/s1. The van der Waals surface area contributed by atoms with E-state index in [0.29, 0.717) is 35.2 Å². The second-order valence-corrected chi connectivity index (χ2v) is 9.04. The van der Waals surface area contributed by atoms with Crippen LogP contribution < -0.4 is 5.32 Å². The zero-order chi connectivity index (χ0) is 24.4. The largest absolute Gasteiger partial charge is 0.457 e. The molecule has 0 spiro atoms. The Labute approximate surface area is 204 Å². The first-order valence-corrected chi connectivity index (χ1v) is 11.8. The summed E-state index contributed by atoms with van der Waals surface area (Å²) in [5.74, 6) is -1.42. The van der Waals surface area contributed by atoms with E-state index in [1.54, 1.807) is 12.1 Å². The predicted octanol–water partition coefficient (Wildman–Crippen LogP) is 5.93. The highest BCUT2D eigenvalue weighted by Gasteiger charge is 2.41. The van der Waals surface area contributed by atoms with Crippen LogP contribution in [0.1, 0.15) is 48.3 Å². The van der Waals surface area contributed by atoms with Crippen LogP contribution in [0.25, 0.3) is 0 Å². The molecule has 0 unspecified atom stereocenters. The molecule has 4 nitrogen and oxygen atoms in total. The molecule has 2 aliphatic rings. The highest BCUT2D eigenvalue weighted by atomic mass is 19.1. The third kappa shape index (κ3) is 4.67. The number of Topliss-reactive ketones (excluding diaryl/α,β-unsaturated/α-hetero) is 1. The summed E-state index contributed by atoms with van der Waals surface area (Å²) in [6.07, 6.45) is 1.01. The number of hydrogen-bond donors (Lipinski definition) is 1. The number of benzene rings is 3. The summed E-state index contributed by atoms with van der Waals surface area (Å²) >= 11 is 0. The lowest BCUT2D eigenvalue weighted by molar-refractivity contribution is -0.140. The van der Waals surface area contributed by atoms with E-state index < -0.39 is 11.9 Å². The number of hydrogen-bond acceptors (Lipinski definition) is 4. The molecule has 0 aromatic heterocycles. The molecule has 1 aliphatic heterocycles. The van der Waals surface area contributed by atoms with Gasteiger partial charge in [-0.15, -0.1) is 0 Å². The fourth-order valence-corrected chi connectivity index (χ4v) is 5.06. The molecule has 5 rings (SSSR count). The average molecular weight is 468 g/mol. The van der Waals surface area contributed by atoms with Gasteiger partial charge < -0.3 is 10.1 Å². The van der Waals surface area contributed by atoms with Gasteiger partial charge in [-0.1, -0.05) is 72.8 Å². The molecule has 3 aromatic rings. The monoisotopic (exact) mass is 467 g/mol. The molecule has 0 radical (unpaired) electrons. The lowest BCUT2D eigenvalue weighted by atomic mass is 9.72. The van der Waals surface area contributed by atoms with Crippen LogP contribution in [-0.4, -0.2) is 11.8 Å². The number of ketones is 1. The average Bonchev–Trinajstić information content (AvgIpc) is 2.88. The second-order valence-electron chi connectivity index (χ2n) is 9.04. The molecule has 3 aromatic carbocycles. The van der Waals surface area contributed by atoms with Crippen LogP contribution in [0, 0.1) is 5.82 Å². The predicted molar refractivity (Wildman–Crippen MR) is 132 cm³/mol. The molecular weight excluding hydrogens is 441 g/mol. The number of halogens is 1. The van der Waals surface area contributed by atoms with Crippen molar-refractivity contribution in [1.29, 1.82) is 0 Å². The van der Waals surface area contributed by atoms with Gasteiger partial charge >= 0.3 is 5.97 Å². The third-order valence-electron chi connectivity index (χ3n) is 6.73. The normalized spacial score (nSPS) is 19.8. The summed E-state index contributed by atoms with van der Waals surface area (Å²) in [7, 11) is 0. The van der Waals surface area contributed by atoms with Crippen molar-refractivity contribution in [1.82, 2.24) is 5.32 Å². The minimum Gasteiger partial charge on any atom is -0.457 e. The Morgan fingerprint density at radius 1 is 0.914 bits per heavy atom. The van der Waals surface area contributed by atoms with E-state index >= 15 is 0 Å². The highest BCUT2D eigenvalue weighted by Crippen LogP contribution is 2.45. The number of dihydropyridines is 1. The van der Waals surface area contributed by atoms with Crippen molar-refractivity contribution in [2.75, 3.05) is 0 Å². The molecule has 0 saturated carbocycles. The molecule has 0 saturated heterocycles. The van der Waals surface area contributed by atoms with Gasteiger partial charge in [-0.2, -0.15) is 0 Å². The van der Waals surface area contributed by atoms with Gasteiger partial charge in [-0.05, 0) is 48.1 Å². The molecule has 0 fully saturated rings. The number of carbonyl (C=O) groups is 2. The summed E-state index contributed by atoms with van der Waals surface area (Å²) in [5.41, 5.74) is 5.11. The first-order chi connectivity index (χ1) is 17.0. The van der Waals surface area contributed by atoms with Gasteiger partial charge in [0, 0.05) is 29.3 Å². The lowest BCUT2D eigenvalue weighted by Gasteiger charge is -2.36. The van der Waals surface area contributed by atoms with E-state index in [4.69, 9.17) is 4.74 Å². The first-order valence-electron chi connectivity index (χ1n) is 11.8. The summed E-state index contributed by atoms with van der Waals surface area (Å²) in [4.78, 5) is 26.9. The zero-order valence-electron chi connectivity index (χ0n) is 19.5. The maximum atomic E-state index is 13.7. The first kappa shape index (κ1) is 22.8. The van der Waals surface area contributed by atoms with Crippen molar-refractivity contribution in [3.05, 3.63) is 130 Å². The molecule has 1 heterocycles. The van der Waals surface area contributed by atoms with Crippen LogP contribution >= 0.6 is 0 Å². The zero-order valence-corrected chi connectivity index (χ0v) is 19.5. The summed E-state index contributed by atoms with van der Waals surface area (Å²) < 4.78 is 19.4. The molecule has 5 heteroatoms. The van der Waals surface area contributed by atoms with Crippen molar-refractivity contribution in [3.8, 4) is 0 Å². The van der Waals surface area contributed by atoms with E-state index in [0.717, 1.165) is 16.8 Å². The van der Waals surface area contributed by atoms with E-state index in [2.05, 4.69) is 5.32 Å². The number of carbonyl (C=O) groups excluding carboxylic acids is 2. The Morgan fingerprint density at radius 3 is 2.26 bits per heavy atom. The van der Waals surface area contributed by atoms with E-state index in [1.165, 1.54) is 12.1 Å². The van der Waals surface area contributed by atoms with Crippen LogP contribution in [0.4, 0.5) is 4.39 Å². The van der Waals surface area contributed by atoms with Crippen LogP contribution in [0.3, 0.4) is 0 Å². The van der Waals surface area contributed by atoms with Gasteiger partial charge in [0.05, 0.1) is 5.57 Å². The topological polar surface area (TPSA) is 55.4 Å². The van der Waals surface area contributed by atoms with Gasteiger partial charge in [0.2, 0.25) is 0 Å². The molecule has 0 bridgehead atoms. The number of ether oxygens (including phenoxy) is 1. The summed E-state index contributed by atoms with van der Waals surface area (Å²) in [6.45, 7) is 1.96. The van der Waals surface area contributed by atoms with Gasteiger partial charge in [0.25, 0.3) is 0 Å². The molecule has 0 amide bonds. The Balaban J connectivity index is 1.51. The Morgan fingerprint density at radius 2 is 1.57 bits per heavy atom. The molecular formula is C30H26FNO3. The Kier molecular flexibility index (Phi) is 6.32. The molecule has 1 aliphatic carbocycles. The number of nitrogens with one attached hydrogen (secondary N) is 1. The minimum atomic E-state index is -0.612. The fraction of sp³-hybridized carbons (Fsp3) is 0.200. The van der Waals surface area contributed by atoms with Crippen molar-refractivity contribution < 1.29 is 18.7 Å². The molecule has 2 atom stereocenters. The summed E-state index contributed by atoms with van der Waals surface area (Å²) in [5, 5.41) is 3.35.